The molecule has 9 heteroatoms. The maximum atomic E-state index is 12.6. The number of rotatable bonds is 8. The summed E-state index contributed by atoms with van der Waals surface area (Å²) in [5, 5.41) is 0. The second kappa shape index (κ2) is 10.2. The first-order valence-corrected chi connectivity index (χ1v) is 9.09. The molecule has 0 aliphatic heterocycles. The average Bonchev–Trinajstić information content (AvgIpc) is 2.75. The lowest BCUT2D eigenvalue weighted by Gasteiger charge is -2.15. The van der Waals surface area contributed by atoms with Crippen LogP contribution in [-0.2, 0) is 0 Å². The van der Waals surface area contributed by atoms with Gasteiger partial charge in [0.05, 0.1) is 40.1 Å². The van der Waals surface area contributed by atoms with Gasteiger partial charge in [-0.15, -0.1) is 0 Å². The first kappa shape index (κ1) is 22.7. The van der Waals surface area contributed by atoms with E-state index >= 15 is 0 Å². The van der Waals surface area contributed by atoms with E-state index in [1.54, 1.807) is 12.1 Å². The number of methoxy groups -OCH3 is 4. The van der Waals surface area contributed by atoms with Gasteiger partial charge in [-0.3, -0.25) is 20.4 Å². The molecule has 0 aliphatic carbocycles. The molecule has 0 spiro atoms. The molecule has 0 atom stereocenters. The van der Waals surface area contributed by atoms with Crippen molar-refractivity contribution in [3.8, 4) is 28.7 Å². The minimum atomic E-state index is -0.590. The molecule has 2 N–H and O–H groups in total. The maximum absolute atomic E-state index is 12.6. The predicted octanol–water partition coefficient (Wildman–Crippen LogP) is 2.58. The van der Waals surface area contributed by atoms with Crippen LogP contribution >= 0.6 is 0 Å². The number of ether oxygens (including phenoxy) is 5. The SMILES string of the molecule is COc1cc(OC)c(C(=O)NNC(=O)c2ccc(OC(C)C)c(OC)c2)cc1OC. The molecule has 0 radical (unpaired) electrons. The fourth-order valence-corrected chi connectivity index (χ4v) is 2.62. The van der Waals surface area contributed by atoms with Gasteiger partial charge >= 0.3 is 0 Å². The molecule has 0 aliphatic rings. The molecule has 0 heterocycles. The number of carbonyl (C=O) groups is 2. The Bertz CT molecular complexity index is 912. The van der Waals surface area contributed by atoms with E-state index in [-0.39, 0.29) is 23.0 Å². The molecule has 2 aromatic rings. The van der Waals surface area contributed by atoms with Crippen LogP contribution in [0.25, 0.3) is 0 Å². The fourth-order valence-electron chi connectivity index (χ4n) is 2.62. The van der Waals surface area contributed by atoms with Gasteiger partial charge in [-0.05, 0) is 32.0 Å². The Morgan fingerprint density at radius 3 is 1.80 bits per heavy atom. The smallest absolute Gasteiger partial charge is 0.273 e. The number of nitrogens with one attached hydrogen (secondary N) is 2. The molecule has 0 bridgehead atoms. The summed E-state index contributed by atoms with van der Waals surface area (Å²) < 4.78 is 26.5. The van der Waals surface area contributed by atoms with E-state index in [9.17, 15) is 9.59 Å². The van der Waals surface area contributed by atoms with Gasteiger partial charge < -0.3 is 23.7 Å². The summed E-state index contributed by atoms with van der Waals surface area (Å²) in [7, 11) is 5.83. The van der Waals surface area contributed by atoms with Gasteiger partial charge in [0.1, 0.15) is 5.75 Å². The third-order valence-corrected chi connectivity index (χ3v) is 4.03. The molecule has 0 saturated carbocycles. The highest BCUT2D eigenvalue weighted by Gasteiger charge is 2.19. The minimum Gasteiger partial charge on any atom is -0.496 e. The zero-order valence-corrected chi connectivity index (χ0v) is 17.8. The predicted molar refractivity (Wildman–Crippen MR) is 110 cm³/mol. The van der Waals surface area contributed by atoms with Gasteiger partial charge in [0, 0.05) is 17.7 Å². The van der Waals surface area contributed by atoms with E-state index in [1.807, 2.05) is 13.8 Å². The van der Waals surface area contributed by atoms with Crippen LogP contribution in [-0.4, -0.2) is 46.4 Å². The molecule has 0 unspecified atom stereocenters. The molecule has 2 rings (SSSR count). The zero-order chi connectivity index (χ0) is 22.3. The minimum absolute atomic E-state index is 0.0469. The summed E-state index contributed by atoms with van der Waals surface area (Å²) in [4.78, 5) is 25.0. The fraction of sp³-hybridized carbons (Fsp3) is 0.333. The molecule has 9 nitrogen and oxygen atoms in total. The van der Waals surface area contributed by atoms with E-state index in [1.165, 1.54) is 46.6 Å². The molecule has 0 saturated heterocycles. The Hall–Kier alpha value is -3.62. The van der Waals surface area contributed by atoms with E-state index in [0.717, 1.165) is 0 Å². The Balaban J connectivity index is 2.15. The van der Waals surface area contributed by atoms with Crippen molar-refractivity contribution < 1.29 is 33.3 Å². The highest BCUT2D eigenvalue weighted by atomic mass is 16.5. The van der Waals surface area contributed by atoms with Crippen molar-refractivity contribution in [1.29, 1.82) is 0 Å². The average molecular weight is 418 g/mol. The Morgan fingerprint density at radius 1 is 0.700 bits per heavy atom. The van der Waals surface area contributed by atoms with Gasteiger partial charge in [0.15, 0.2) is 23.0 Å². The van der Waals surface area contributed by atoms with Crippen molar-refractivity contribution in [3.05, 3.63) is 41.5 Å². The highest BCUT2D eigenvalue weighted by molar-refractivity contribution is 6.01. The van der Waals surface area contributed by atoms with Crippen LogP contribution in [0.2, 0.25) is 0 Å². The van der Waals surface area contributed by atoms with Crippen molar-refractivity contribution in [2.24, 2.45) is 0 Å². The largest absolute Gasteiger partial charge is 0.496 e. The van der Waals surface area contributed by atoms with Crippen LogP contribution in [0.15, 0.2) is 30.3 Å². The number of hydrogen-bond acceptors (Lipinski definition) is 7. The number of hydrazine groups is 1. The van der Waals surface area contributed by atoms with Crippen LogP contribution in [0.4, 0.5) is 0 Å². The number of hydrogen-bond donors (Lipinski definition) is 2. The molecular formula is C21H26N2O7. The second-order valence-corrected chi connectivity index (χ2v) is 6.35. The van der Waals surface area contributed by atoms with Gasteiger partial charge in [-0.1, -0.05) is 0 Å². The first-order chi connectivity index (χ1) is 14.3. The summed E-state index contributed by atoms with van der Waals surface area (Å²) in [6, 6.07) is 7.70. The standard InChI is InChI=1S/C21H26N2O7/c1-12(2)30-15-8-7-13(9-17(15)27-4)20(24)22-23-21(25)14-10-18(28-5)19(29-6)11-16(14)26-3/h7-12H,1-6H3,(H,22,24)(H,23,25). The number of carbonyl (C=O) groups excluding carboxylic acids is 2. The van der Waals surface area contributed by atoms with Crippen LogP contribution in [0.1, 0.15) is 34.6 Å². The molecule has 2 aromatic carbocycles. The molecule has 0 aromatic heterocycles. The van der Waals surface area contributed by atoms with E-state index in [4.69, 9.17) is 23.7 Å². The lowest BCUT2D eigenvalue weighted by atomic mass is 10.1. The Labute approximate surface area is 175 Å². The zero-order valence-electron chi connectivity index (χ0n) is 17.8. The normalized spacial score (nSPS) is 10.2. The number of amides is 2. The summed E-state index contributed by atoms with van der Waals surface area (Å²) in [5.41, 5.74) is 5.16. The maximum Gasteiger partial charge on any atom is 0.273 e. The first-order valence-electron chi connectivity index (χ1n) is 9.09. The summed E-state index contributed by atoms with van der Waals surface area (Å²) in [6.45, 7) is 3.77. The van der Waals surface area contributed by atoms with Crippen LogP contribution in [0, 0.1) is 0 Å². The van der Waals surface area contributed by atoms with Gasteiger partial charge in [-0.25, -0.2) is 0 Å². The third-order valence-electron chi connectivity index (χ3n) is 4.03. The highest BCUT2D eigenvalue weighted by Crippen LogP contribution is 2.34. The van der Waals surface area contributed by atoms with Crippen molar-refractivity contribution >= 4 is 11.8 Å². The van der Waals surface area contributed by atoms with Crippen LogP contribution < -0.4 is 34.5 Å². The van der Waals surface area contributed by atoms with Crippen LogP contribution in [0.3, 0.4) is 0 Å². The lowest BCUT2D eigenvalue weighted by Crippen LogP contribution is -2.41. The van der Waals surface area contributed by atoms with Gasteiger partial charge in [0.2, 0.25) is 0 Å². The van der Waals surface area contributed by atoms with E-state index in [2.05, 4.69) is 10.9 Å². The topological polar surface area (TPSA) is 104 Å². The second-order valence-electron chi connectivity index (χ2n) is 6.35. The van der Waals surface area contributed by atoms with Crippen molar-refractivity contribution in [2.75, 3.05) is 28.4 Å². The summed E-state index contributed by atoms with van der Waals surface area (Å²) in [5.74, 6) is 0.819. The number of benzene rings is 2. The van der Waals surface area contributed by atoms with Crippen LogP contribution in [0.5, 0.6) is 28.7 Å². The third kappa shape index (κ3) is 5.25. The lowest BCUT2D eigenvalue weighted by molar-refractivity contribution is 0.0844. The molecule has 30 heavy (non-hydrogen) atoms. The molecule has 162 valence electrons. The monoisotopic (exact) mass is 418 g/mol. The van der Waals surface area contributed by atoms with Crippen molar-refractivity contribution in [3.63, 3.8) is 0 Å². The van der Waals surface area contributed by atoms with E-state index in [0.29, 0.717) is 23.0 Å². The van der Waals surface area contributed by atoms with Crippen molar-refractivity contribution in [1.82, 2.24) is 10.9 Å². The Kier molecular flexibility index (Phi) is 7.74. The molecule has 0 fully saturated rings. The van der Waals surface area contributed by atoms with Crippen molar-refractivity contribution in [2.45, 2.75) is 20.0 Å². The summed E-state index contributed by atoms with van der Waals surface area (Å²) >= 11 is 0. The van der Waals surface area contributed by atoms with Gasteiger partial charge in [-0.2, -0.15) is 0 Å². The Morgan fingerprint density at radius 2 is 1.23 bits per heavy atom. The molecular weight excluding hydrogens is 392 g/mol. The quantitative estimate of drug-likeness (QED) is 0.635. The summed E-state index contributed by atoms with van der Waals surface area (Å²) in [6.07, 6.45) is -0.0469. The van der Waals surface area contributed by atoms with Gasteiger partial charge in [0.25, 0.3) is 11.8 Å². The molecule has 2 amide bonds. The van der Waals surface area contributed by atoms with E-state index < -0.39 is 11.8 Å².